The van der Waals surface area contributed by atoms with Crippen LogP contribution in [0.1, 0.15) is 11.1 Å². The van der Waals surface area contributed by atoms with Gasteiger partial charge in [0.15, 0.2) is 0 Å². The molecule has 0 saturated heterocycles. The van der Waals surface area contributed by atoms with Gasteiger partial charge in [0.2, 0.25) is 0 Å². The van der Waals surface area contributed by atoms with E-state index in [9.17, 15) is 13.2 Å². The lowest BCUT2D eigenvalue weighted by Crippen LogP contribution is -2.05. The van der Waals surface area contributed by atoms with E-state index in [1.165, 1.54) is 6.07 Å². The van der Waals surface area contributed by atoms with Gasteiger partial charge < -0.3 is 4.74 Å². The monoisotopic (exact) mass is 406 g/mol. The van der Waals surface area contributed by atoms with Crippen molar-refractivity contribution in [1.82, 2.24) is 0 Å². The number of para-hydroxylation sites is 1. The van der Waals surface area contributed by atoms with Crippen molar-refractivity contribution in [2.75, 3.05) is 0 Å². The van der Waals surface area contributed by atoms with E-state index in [1.807, 2.05) is 30.3 Å². The molecule has 0 fully saturated rings. The van der Waals surface area contributed by atoms with Crippen LogP contribution < -0.4 is 4.74 Å². The number of hydrogen-bond acceptors (Lipinski definition) is 1. The average molecular weight is 407 g/mol. The normalized spacial score (nSPS) is 11.4. The predicted octanol–water partition coefficient (Wildman–Crippen LogP) is 6.71. The van der Waals surface area contributed by atoms with Gasteiger partial charge >= 0.3 is 6.18 Å². The quantitative estimate of drug-likeness (QED) is 0.467. The summed E-state index contributed by atoms with van der Waals surface area (Å²) >= 11 is 3.34. The van der Waals surface area contributed by atoms with Gasteiger partial charge in [0.25, 0.3) is 0 Å². The molecule has 0 unspecified atom stereocenters. The molecule has 25 heavy (non-hydrogen) atoms. The van der Waals surface area contributed by atoms with Crippen LogP contribution in [0, 0.1) is 0 Å². The second kappa shape index (κ2) is 7.31. The molecular weight excluding hydrogens is 393 g/mol. The molecule has 3 aromatic carbocycles. The minimum Gasteiger partial charge on any atom is -0.488 e. The highest BCUT2D eigenvalue weighted by molar-refractivity contribution is 9.10. The zero-order valence-corrected chi connectivity index (χ0v) is 14.6. The van der Waals surface area contributed by atoms with Gasteiger partial charge in [-0.05, 0) is 29.8 Å². The Labute approximate surface area is 152 Å². The van der Waals surface area contributed by atoms with Gasteiger partial charge in [-0.15, -0.1) is 0 Å². The molecule has 5 heteroatoms. The van der Waals surface area contributed by atoms with E-state index in [1.54, 1.807) is 24.3 Å². The second-order valence-corrected chi connectivity index (χ2v) is 6.32. The van der Waals surface area contributed by atoms with E-state index in [0.717, 1.165) is 17.7 Å². The third-order valence-electron chi connectivity index (χ3n) is 3.71. The Balaban J connectivity index is 1.96. The van der Waals surface area contributed by atoms with Crippen molar-refractivity contribution in [3.8, 4) is 16.9 Å². The van der Waals surface area contributed by atoms with Crippen LogP contribution in [0.15, 0.2) is 77.3 Å². The number of ether oxygens (including phenoxy) is 1. The van der Waals surface area contributed by atoms with Crippen molar-refractivity contribution in [1.29, 1.82) is 0 Å². The fourth-order valence-electron chi connectivity index (χ4n) is 2.46. The largest absolute Gasteiger partial charge is 0.488 e. The first kappa shape index (κ1) is 17.5. The maximum Gasteiger partial charge on any atom is 0.416 e. The van der Waals surface area contributed by atoms with Crippen LogP contribution in [0.4, 0.5) is 13.2 Å². The van der Waals surface area contributed by atoms with Crippen LogP contribution in [-0.2, 0) is 12.8 Å². The summed E-state index contributed by atoms with van der Waals surface area (Å²) in [6.07, 6.45) is -4.39. The molecule has 128 valence electrons. The van der Waals surface area contributed by atoms with Crippen molar-refractivity contribution in [2.45, 2.75) is 12.8 Å². The minimum atomic E-state index is -4.39. The SMILES string of the molecule is FC(F)(F)c1ccc(Br)c(-c2ccccc2OCc2ccccc2)c1. The predicted molar refractivity (Wildman–Crippen MR) is 95.4 cm³/mol. The summed E-state index contributed by atoms with van der Waals surface area (Å²) in [7, 11) is 0. The van der Waals surface area contributed by atoms with Gasteiger partial charge in [0.05, 0.1) is 5.56 Å². The molecule has 0 aliphatic carbocycles. The lowest BCUT2D eigenvalue weighted by atomic mass is 10.0. The lowest BCUT2D eigenvalue weighted by molar-refractivity contribution is -0.137. The summed E-state index contributed by atoms with van der Waals surface area (Å²) in [5.74, 6) is 0.534. The lowest BCUT2D eigenvalue weighted by Gasteiger charge is -2.15. The number of alkyl halides is 3. The van der Waals surface area contributed by atoms with Gasteiger partial charge in [-0.3, -0.25) is 0 Å². The van der Waals surface area contributed by atoms with Crippen molar-refractivity contribution < 1.29 is 17.9 Å². The van der Waals surface area contributed by atoms with E-state index >= 15 is 0 Å². The number of benzene rings is 3. The first-order valence-corrected chi connectivity index (χ1v) is 8.37. The molecule has 0 saturated carbocycles. The maximum absolute atomic E-state index is 13.0. The van der Waals surface area contributed by atoms with E-state index in [0.29, 0.717) is 28.0 Å². The molecule has 3 aromatic rings. The molecule has 0 radical (unpaired) electrons. The van der Waals surface area contributed by atoms with Gasteiger partial charge in [-0.2, -0.15) is 13.2 Å². The van der Waals surface area contributed by atoms with Gasteiger partial charge in [0.1, 0.15) is 12.4 Å². The van der Waals surface area contributed by atoms with Gasteiger partial charge in [-0.25, -0.2) is 0 Å². The Morgan fingerprint density at radius 2 is 1.48 bits per heavy atom. The third-order valence-corrected chi connectivity index (χ3v) is 4.40. The van der Waals surface area contributed by atoms with Crippen molar-refractivity contribution in [3.63, 3.8) is 0 Å². The topological polar surface area (TPSA) is 9.23 Å². The van der Waals surface area contributed by atoms with Gasteiger partial charge in [0, 0.05) is 15.6 Å². The van der Waals surface area contributed by atoms with Crippen LogP contribution in [-0.4, -0.2) is 0 Å². The van der Waals surface area contributed by atoms with Gasteiger partial charge in [-0.1, -0.05) is 64.5 Å². The Bertz CT molecular complexity index is 860. The summed E-state index contributed by atoms with van der Waals surface area (Å²) in [4.78, 5) is 0. The van der Waals surface area contributed by atoms with E-state index in [4.69, 9.17) is 4.74 Å². The molecule has 0 heterocycles. The van der Waals surface area contributed by atoms with Crippen LogP contribution in [0.5, 0.6) is 5.75 Å². The average Bonchev–Trinajstić information content (AvgIpc) is 2.61. The fraction of sp³-hybridized carbons (Fsp3) is 0.100. The number of rotatable bonds is 4. The van der Waals surface area contributed by atoms with E-state index in [2.05, 4.69) is 15.9 Å². The third kappa shape index (κ3) is 4.23. The van der Waals surface area contributed by atoms with Crippen molar-refractivity contribution >= 4 is 15.9 Å². The highest BCUT2D eigenvalue weighted by Gasteiger charge is 2.31. The van der Waals surface area contributed by atoms with Crippen LogP contribution >= 0.6 is 15.9 Å². The Morgan fingerprint density at radius 3 is 2.20 bits per heavy atom. The zero-order valence-electron chi connectivity index (χ0n) is 13.1. The summed E-state index contributed by atoms with van der Waals surface area (Å²) in [6.45, 7) is 0.342. The van der Waals surface area contributed by atoms with E-state index < -0.39 is 11.7 Å². The van der Waals surface area contributed by atoms with Crippen molar-refractivity contribution in [2.24, 2.45) is 0 Å². The van der Waals surface area contributed by atoms with Crippen molar-refractivity contribution in [3.05, 3.63) is 88.4 Å². The Kier molecular flexibility index (Phi) is 5.13. The molecule has 0 N–H and O–H groups in total. The first-order valence-electron chi connectivity index (χ1n) is 7.58. The first-order chi connectivity index (χ1) is 11.9. The summed E-state index contributed by atoms with van der Waals surface area (Å²) in [5, 5.41) is 0. The minimum absolute atomic E-state index is 0.342. The standard InChI is InChI=1S/C20H14BrF3O/c21-18-11-10-15(20(22,23)24)12-17(18)16-8-4-5-9-19(16)25-13-14-6-2-1-3-7-14/h1-12H,13H2. The molecule has 0 aliphatic heterocycles. The molecule has 0 amide bonds. The molecule has 1 nitrogen and oxygen atoms in total. The molecule has 0 aliphatic rings. The maximum atomic E-state index is 13.0. The van der Waals surface area contributed by atoms with E-state index in [-0.39, 0.29) is 0 Å². The zero-order chi connectivity index (χ0) is 17.9. The highest BCUT2D eigenvalue weighted by atomic mass is 79.9. The van der Waals surface area contributed by atoms with Crippen LogP contribution in [0.25, 0.3) is 11.1 Å². The molecule has 0 aromatic heterocycles. The summed E-state index contributed by atoms with van der Waals surface area (Å²) in [5.41, 5.74) is 1.35. The molecule has 0 bridgehead atoms. The summed E-state index contributed by atoms with van der Waals surface area (Å²) < 4.78 is 45.6. The fourth-order valence-corrected chi connectivity index (χ4v) is 2.92. The Hall–Kier alpha value is -2.27. The summed E-state index contributed by atoms with van der Waals surface area (Å²) in [6, 6.07) is 20.3. The smallest absolute Gasteiger partial charge is 0.416 e. The molecule has 0 atom stereocenters. The van der Waals surface area contributed by atoms with Crippen LogP contribution in [0.2, 0.25) is 0 Å². The molecular formula is C20H14BrF3O. The number of hydrogen-bond donors (Lipinski definition) is 0. The second-order valence-electron chi connectivity index (χ2n) is 5.46. The highest BCUT2D eigenvalue weighted by Crippen LogP contribution is 2.39. The molecule has 0 spiro atoms. The molecule has 3 rings (SSSR count). The Morgan fingerprint density at radius 1 is 0.800 bits per heavy atom. The number of halogens is 4. The van der Waals surface area contributed by atoms with Crippen LogP contribution in [0.3, 0.4) is 0 Å².